The van der Waals surface area contributed by atoms with Crippen molar-refractivity contribution in [2.24, 2.45) is 11.1 Å². The molecule has 0 aromatic heterocycles. The fourth-order valence-electron chi connectivity index (χ4n) is 2.29. The Hall–Kier alpha value is -1.06. The maximum Gasteiger partial charge on any atom is 0.230 e. The van der Waals surface area contributed by atoms with E-state index in [0.29, 0.717) is 18.1 Å². The van der Waals surface area contributed by atoms with Gasteiger partial charge in [0, 0.05) is 25.2 Å². The van der Waals surface area contributed by atoms with Gasteiger partial charge < -0.3 is 10.6 Å². The Morgan fingerprint density at radius 2 is 1.89 bits per heavy atom. The molecule has 0 aliphatic carbocycles. The monoisotopic (exact) mass is 282 g/mol. The fourth-order valence-corrected chi connectivity index (χ4v) is 2.48. The SMILES string of the molecule is CCC(CC)(CN)C(=O)N(C)Cc1ccccc1Cl. The molecule has 0 bridgehead atoms. The van der Waals surface area contributed by atoms with E-state index >= 15 is 0 Å². The van der Waals surface area contributed by atoms with Crippen molar-refractivity contribution in [3.8, 4) is 0 Å². The molecular formula is C15H23ClN2O. The maximum atomic E-state index is 12.6. The quantitative estimate of drug-likeness (QED) is 0.872. The van der Waals surface area contributed by atoms with Crippen molar-refractivity contribution in [1.29, 1.82) is 0 Å². The molecule has 0 radical (unpaired) electrons. The molecule has 1 aromatic rings. The third-order valence-electron chi connectivity index (χ3n) is 3.91. The van der Waals surface area contributed by atoms with Gasteiger partial charge in [-0.25, -0.2) is 0 Å². The Morgan fingerprint density at radius 3 is 2.37 bits per heavy atom. The third-order valence-corrected chi connectivity index (χ3v) is 4.28. The first-order valence-electron chi connectivity index (χ1n) is 6.69. The van der Waals surface area contributed by atoms with Crippen molar-refractivity contribution in [3.05, 3.63) is 34.9 Å². The minimum absolute atomic E-state index is 0.0971. The number of amides is 1. The summed E-state index contributed by atoms with van der Waals surface area (Å²) < 4.78 is 0. The Bertz CT molecular complexity index is 422. The van der Waals surface area contributed by atoms with E-state index in [1.165, 1.54) is 0 Å². The molecule has 0 aliphatic rings. The first-order chi connectivity index (χ1) is 9.00. The zero-order valence-electron chi connectivity index (χ0n) is 11.9. The van der Waals surface area contributed by atoms with Gasteiger partial charge >= 0.3 is 0 Å². The number of hydrogen-bond acceptors (Lipinski definition) is 2. The Kier molecular flexibility index (Phi) is 5.83. The summed E-state index contributed by atoms with van der Waals surface area (Å²) in [7, 11) is 1.81. The molecular weight excluding hydrogens is 260 g/mol. The number of rotatable bonds is 6. The van der Waals surface area contributed by atoms with Crippen LogP contribution in [-0.4, -0.2) is 24.4 Å². The number of nitrogens with zero attached hydrogens (tertiary/aromatic N) is 1. The number of carbonyl (C=O) groups excluding carboxylic acids is 1. The predicted octanol–water partition coefficient (Wildman–Crippen LogP) is 3.06. The van der Waals surface area contributed by atoms with Crippen LogP contribution in [-0.2, 0) is 11.3 Å². The molecule has 106 valence electrons. The van der Waals surface area contributed by atoms with Crippen LogP contribution in [0.1, 0.15) is 32.3 Å². The molecule has 0 aliphatic heterocycles. The summed E-state index contributed by atoms with van der Waals surface area (Å²) in [6.45, 7) is 4.92. The Morgan fingerprint density at radius 1 is 1.32 bits per heavy atom. The highest BCUT2D eigenvalue weighted by Gasteiger charge is 2.35. The van der Waals surface area contributed by atoms with E-state index < -0.39 is 5.41 Å². The molecule has 3 nitrogen and oxygen atoms in total. The normalized spacial score (nSPS) is 11.4. The van der Waals surface area contributed by atoms with Crippen LogP contribution in [0.5, 0.6) is 0 Å². The van der Waals surface area contributed by atoms with Crippen LogP contribution in [0.15, 0.2) is 24.3 Å². The zero-order chi connectivity index (χ0) is 14.5. The minimum Gasteiger partial charge on any atom is -0.341 e. The topological polar surface area (TPSA) is 46.3 Å². The molecule has 0 atom stereocenters. The van der Waals surface area contributed by atoms with E-state index in [-0.39, 0.29) is 5.91 Å². The van der Waals surface area contributed by atoms with E-state index in [1.54, 1.807) is 11.9 Å². The molecule has 0 spiro atoms. The Labute approximate surface area is 120 Å². The fraction of sp³-hybridized carbons (Fsp3) is 0.533. The Balaban J connectivity index is 2.86. The van der Waals surface area contributed by atoms with Gasteiger partial charge in [0.05, 0.1) is 5.41 Å². The van der Waals surface area contributed by atoms with Gasteiger partial charge in [-0.3, -0.25) is 4.79 Å². The molecule has 19 heavy (non-hydrogen) atoms. The number of carbonyl (C=O) groups is 1. The lowest BCUT2D eigenvalue weighted by molar-refractivity contribution is -0.141. The zero-order valence-corrected chi connectivity index (χ0v) is 12.7. The molecule has 0 fully saturated rings. The smallest absolute Gasteiger partial charge is 0.230 e. The highest BCUT2D eigenvalue weighted by molar-refractivity contribution is 6.31. The predicted molar refractivity (Wildman–Crippen MR) is 80.0 cm³/mol. The summed E-state index contributed by atoms with van der Waals surface area (Å²) in [5, 5.41) is 0.688. The minimum atomic E-state index is -0.448. The molecule has 0 saturated carbocycles. The lowest BCUT2D eigenvalue weighted by atomic mass is 9.81. The van der Waals surface area contributed by atoms with E-state index in [1.807, 2.05) is 38.1 Å². The molecule has 0 unspecified atom stereocenters. The van der Waals surface area contributed by atoms with Crippen molar-refractivity contribution >= 4 is 17.5 Å². The van der Waals surface area contributed by atoms with E-state index in [9.17, 15) is 4.79 Å². The lowest BCUT2D eigenvalue weighted by Crippen LogP contribution is -2.45. The molecule has 0 heterocycles. The van der Waals surface area contributed by atoms with Crippen LogP contribution in [0.25, 0.3) is 0 Å². The second-order valence-electron chi connectivity index (χ2n) is 4.94. The number of benzene rings is 1. The average molecular weight is 283 g/mol. The van der Waals surface area contributed by atoms with Crippen LogP contribution in [0.2, 0.25) is 5.02 Å². The third kappa shape index (κ3) is 3.48. The van der Waals surface area contributed by atoms with Gasteiger partial charge in [-0.05, 0) is 24.5 Å². The molecule has 1 aromatic carbocycles. The summed E-state index contributed by atoms with van der Waals surface area (Å²) >= 11 is 6.13. The van der Waals surface area contributed by atoms with Crippen molar-refractivity contribution < 1.29 is 4.79 Å². The van der Waals surface area contributed by atoms with Gasteiger partial charge in [0.2, 0.25) is 5.91 Å². The highest BCUT2D eigenvalue weighted by Crippen LogP contribution is 2.28. The molecule has 1 rings (SSSR count). The van der Waals surface area contributed by atoms with Crippen LogP contribution < -0.4 is 5.73 Å². The van der Waals surface area contributed by atoms with Crippen molar-refractivity contribution in [2.75, 3.05) is 13.6 Å². The molecule has 0 saturated heterocycles. The second kappa shape index (κ2) is 6.92. The lowest BCUT2D eigenvalue weighted by Gasteiger charge is -2.33. The summed E-state index contributed by atoms with van der Waals surface area (Å²) in [4.78, 5) is 14.3. The summed E-state index contributed by atoms with van der Waals surface area (Å²) in [5.41, 5.74) is 6.33. The number of hydrogen-bond donors (Lipinski definition) is 1. The van der Waals surface area contributed by atoms with Crippen molar-refractivity contribution in [2.45, 2.75) is 33.2 Å². The van der Waals surface area contributed by atoms with E-state index in [0.717, 1.165) is 18.4 Å². The van der Waals surface area contributed by atoms with Gasteiger partial charge in [-0.2, -0.15) is 0 Å². The molecule has 2 N–H and O–H groups in total. The van der Waals surface area contributed by atoms with Crippen LogP contribution in [0.4, 0.5) is 0 Å². The van der Waals surface area contributed by atoms with Gasteiger partial charge in [0.25, 0.3) is 0 Å². The van der Waals surface area contributed by atoms with E-state index in [4.69, 9.17) is 17.3 Å². The standard InChI is InChI=1S/C15H23ClN2O/c1-4-15(5-2,11-17)14(19)18(3)10-12-8-6-7-9-13(12)16/h6-9H,4-5,10-11,17H2,1-3H3. The van der Waals surface area contributed by atoms with Crippen LogP contribution in [0.3, 0.4) is 0 Å². The first-order valence-corrected chi connectivity index (χ1v) is 7.07. The average Bonchev–Trinajstić information content (AvgIpc) is 2.43. The van der Waals surface area contributed by atoms with Gasteiger partial charge in [0.1, 0.15) is 0 Å². The second-order valence-corrected chi connectivity index (χ2v) is 5.35. The number of halogens is 1. The van der Waals surface area contributed by atoms with E-state index in [2.05, 4.69) is 0 Å². The summed E-state index contributed by atoms with van der Waals surface area (Å²) in [5.74, 6) is 0.0971. The van der Waals surface area contributed by atoms with Gasteiger partial charge in [0.15, 0.2) is 0 Å². The van der Waals surface area contributed by atoms with Crippen LogP contribution >= 0.6 is 11.6 Å². The molecule has 1 amide bonds. The van der Waals surface area contributed by atoms with Crippen molar-refractivity contribution in [3.63, 3.8) is 0 Å². The first kappa shape index (κ1) is 16.0. The highest BCUT2D eigenvalue weighted by atomic mass is 35.5. The molecule has 4 heteroatoms. The largest absolute Gasteiger partial charge is 0.341 e. The summed E-state index contributed by atoms with van der Waals surface area (Å²) in [6.07, 6.45) is 1.51. The van der Waals surface area contributed by atoms with Gasteiger partial charge in [-0.1, -0.05) is 43.6 Å². The van der Waals surface area contributed by atoms with Crippen LogP contribution in [0, 0.1) is 5.41 Å². The maximum absolute atomic E-state index is 12.6. The number of nitrogens with two attached hydrogens (primary N) is 1. The summed E-state index contributed by atoms with van der Waals surface area (Å²) in [6, 6.07) is 7.59. The van der Waals surface area contributed by atoms with Gasteiger partial charge in [-0.15, -0.1) is 0 Å². The van der Waals surface area contributed by atoms with Crippen molar-refractivity contribution in [1.82, 2.24) is 4.90 Å².